The van der Waals surface area contributed by atoms with Crippen molar-refractivity contribution in [3.05, 3.63) is 53.2 Å². The number of pyridine rings is 1. The van der Waals surface area contributed by atoms with Gasteiger partial charge in [0, 0.05) is 17.0 Å². The number of aromatic nitrogens is 3. The Morgan fingerprint density at radius 2 is 1.90 bits per heavy atom. The maximum atomic E-state index is 15.1. The van der Waals surface area contributed by atoms with E-state index in [4.69, 9.17) is 4.74 Å². The van der Waals surface area contributed by atoms with Gasteiger partial charge < -0.3 is 15.2 Å². The molecule has 3 aromatic rings. The molecule has 6 nitrogen and oxygen atoms in total. The van der Waals surface area contributed by atoms with E-state index in [0.29, 0.717) is 28.4 Å². The monoisotopic (exact) mass is 420 g/mol. The molecule has 0 spiro atoms. The van der Waals surface area contributed by atoms with Crippen molar-refractivity contribution >= 4 is 16.7 Å². The van der Waals surface area contributed by atoms with Gasteiger partial charge in [0.15, 0.2) is 0 Å². The first kappa shape index (κ1) is 21.8. The van der Waals surface area contributed by atoms with Crippen molar-refractivity contribution in [1.82, 2.24) is 15.0 Å². The molecule has 3 rings (SSSR count). The summed E-state index contributed by atoms with van der Waals surface area (Å²) in [6.07, 6.45) is 1.53. The number of methoxy groups -OCH3 is 1. The van der Waals surface area contributed by atoms with Gasteiger partial charge in [-0.15, -0.1) is 0 Å². The SMILES string of the molecule is COc1cc2c(NC(C)c3cccc(C(F)(F)C(C)(C)O)c3F)nc(C)nc2cn1. The molecule has 0 bridgehead atoms. The van der Waals surface area contributed by atoms with Gasteiger partial charge in [0.05, 0.1) is 30.4 Å². The predicted octanol–water partition coefficient (Wildman–Crippen LogP) is 4.52. The van der Waals surface area contributed by atoms with Crippen LogP contribution in [0.25, 0.3) is 10.9 Å². The van der Waals surface area contributed by atoms with Gasteiger partial charge in [0.25, 0.3) is 0 Å². The summed E-state index contributed by atoms with van der Waals surface area (Å²) in [6, 6.07) is 4.65. The predicted molar refractivity (Wildman–Crippen MR) is 107 cm³/mol. The highest BCUT2D eigenvalue weighted by Gasteiger charge is 2.49. The van der Waals surface area contributed by atoms with E-state index in [1.54, 1.807) is 19.9 Å². The third-order valence-corrected chi connectivity index (χ3v) is 4.83. The van der Waals surface area contributed by atoms with E-state index in [2.05, 4.69) is 20.3 Å². The lowest BCUT2D eigenvalue weighted by Gasteiger charge is -2.30. The molecule has 1 unspecified atom stereocenters. The zero-order valence-corrected chi connectivity index (χ0v) is 17.3. The molecule has 0 saturated carbocycles. The number of aryl methyl sites for hydroxylation is 1. The van der Waals surface area contributed by atoms with Crippen molar-refractivity contribution in [2.75, 3.05) is 12.4 Å². The van der Waals surface area contributed by atoms with Crippen molar-refractivity contribution in [3.8, 4) is 5.88 Å². The molecule has 30 heavy (non-hydrogen) atoms. The van der Waals surface area contributed by atoms with Gasteiger partial charge in [0.1, 0.15) is 23.1 Å². The molecule has 9 heteroatoms. The van der Waals surface area contributed by atoms with Crippen LogP contribution < -0.4 is 10.1 Å². The maximum absolute atomic E-state index is 15.1. The third kappa shape index (κ3) is 3.89. The van der Waals surface area contributed by atoms with Crippen LogP contribution in [0.15, 0.2) is 30.5 Å². The molecule has 2 aromatic heterocycles. The first-order chi connectivity index (χ1) is 14.0. The summed E-state index contributed by atoms with van der Waals surface area (Å²) >= 11 is 0. The van der Waals surface area contributed by atoms with Crippen LogP contribution in [0.2, 0.25) is 0 Å². The minimum absolute atomic E-state index is 0.0156. The number of anilines is 1. The molecule has 0 amide bonds. The summed E-state index contributed by atoms with van der Waals surface area (Å²) < 4.78 is 49.4. The number of rotatable bonds is 6. The Bertz CT molecular complexity index is 1080. The molecule has 160 valence electrons. The number of nitrogens with one attached hydrogen (secondary N) is 1. The summed E-state index contributed by atoms with van der Waals surface area (Å²) in [6.45, 7) is 5.22. The van der Waals surface area contributed by atoms with Gasteiger partial charge in [-0.05, 0) is 33.8 Å². The van der Waals surface area contributed by atoms with Crippen LogP contribution in [-0.2, 0) is 5.92 Å². The number of aliphatic hydroxyl groups is 1. The molecular formula is C21H23F3N4O2. The first-order valence-corrected chi connectivity index (χ1v) is 9.29. The summed E-state index contributed by atoms with van der Waals surface area (Å²) in [4.78, 5) is 12.8. The largest absolute Gasteiger partial charge is 0.481 e. The Morgan fingerprint density at radius 1 is 1.20 bits per heavy atom. The van der Waals surface area contributed by atoms with Crippen LogP contribution in [0.5, 0.6) is 5.88 Å². The third-order valence-electron chi connectivity index (χ3n) is 4.83. The topological polar surface area (TPSA) is 80.2 Å². The summed E-state index contributed by atoms with van der Waals surface area (Å²) in [5.74, 6) is -3.65. The number of ether oxygens (including phenoxy) is 1. The second-order valence-corrected chi connectivity index (χ2v) is 7.57. The highest BCUT2D eigenvalue weighted by molar-refractivity contribution is 5.89. The average Bonchev–Trinajstić information content (AvgIpc) is 2.66. The molecule has 0 radical (unpaired) electrons. The Hall–Kier alpha value is -2.94. The number of benzene rings is 1. The minimum atomic E-state index is -3.77. The lowest BCUT2D eigenvalue weighted by molar-refractivity contribution is -0.170. The van der Waals surface area contributed by atoms with Crippen LogP contribution in [0, 0.1) is 12.7 Å². The van der Waals surface area contributed by atoms with Crippen molar-refractivity contribution in [2.24, 2.45) is 0 Å². The normalized spacial score (nSPS) is 13.4. The van der Waals surface area contributed by atoms with Crippen molar-refractivity contribution in [1.29, 1.82) is 0 Å². The first-order valence-electron chi connectivity index (χ1n) is 9.29. The van der Waals surface area contributed by atoms with Crippen LogP contribution in [0.3, 0.4) is 0 Å². The molecule has 2 N–H and O–H groups in total. The zero-order valence-electron chi connectivity index (χ0n) is 17.3. The number of halogens is 3. The highest BCUT2D eigenvalue weighted by atomic mass is 19.3. The van der Waals surface area contributed by atoms with Crippen LogP contribution in [-0.4, -0.2) is 32.8 Å². The Balaban J connectivity index is 2.03. The fraction of sp³-hybridized carbons (Fsp3) is 0.381. The summed E-state index contributed by atoms with van der Waals surface area (Å²) in [5, 5.41) is 13.5. The Labute approximate surface area is 172 Å². The van der Waals surface area contributed by atoms with E-state index in [0.717, 1.165) is 19.9 Å². The smallest absolute Gasteiger partial charge is 0.303 e. The molecule has 0 fully saturated rings. The van der Waals surface area contributed by atoms with Crippen LogP contribution in [0.4, 0.5) is 19.0 Å². The number of nitrogens with zero attached hydrogens (tertiary/aromatic N) is 3. The van der Waals surface area contributed by atoms with Crippen molar-refractivity contribution < 1.29 is 23.0 Å². The Kier molecular flexibility index (Phi) is 5.60. The average molecular weight is 420 g/mol. The van der Waals surface area contributed by atoms with E-state index >= 15 is 4.39 Å². The van der Waals surface area contributed by atoms with Crippen molar-refractivity contribution in [3.63, 3.8) is 0 Å². The molecule has 2 heterocycles. The maximum Gasteiger partial charge on any atom is 0.303 e. The second kappa shape index (κ2) is 7.71. The van der Waals surface area contributed by atoms with E-state index < -0.39 is 28.9 Å². The summed E-state index contributed by atoms with van der Waals surface area (Å²) in [7, 11) is 1.47. The molecule has 0 saturated heterocycles. The van der Waals surface area contributed by atoms with E-state index in [1.165, 1.54) is 25.4 Å². The number of fused-ring (bicyclic) bond motifs is 1. The van der Waals surface area contributed by atoms with Gasteiger partial charge in [-0.2, -0.15) is 8.78 Å². The Morgan fingerprint density at radius 3 is 2.53 bits per heavy atom. The van der Waals surface area contributed by atoms with Crippen molar-refractivity contribution in [2.45, 2.75) is 45.3 Å². The molecule has 0 aliphatic heterocycles. The van der Waals surface area contributed by atoms with Crippen LogP contribution >= 0.6 is 0 Å². The van der Waals surface area contributed by atoms with Crippen LogP contribution in [0.1, 0.15) is 43.8 Å². The quantitative estimate of drug-likeness (QED) is 0.611. The number of hydrogen-bond acceptors (Lipinski definition) is 6. The van der Waals surface area contributed by atoms with Gasteiger partial charge in [0.2, 0.25) is 5.88 Å². The fourth-order valence-corrected chi connectivity index (χ4v) is 3.09. The van der Waals surface area contributed by atoms with Gasteiger partial charge >= 0.3 is 5.92 Å². The molecular weight excluding hydrogens is 397 g/mol. The van der Waals surface area contributed by atoms with E-state index in [-0.39, 0.29) is 5.56 Å². The van der Waals surface area contributed by atoms with Gasteiger partial charge in [-0.25, -0.2) is 19.3 Å². The lowest BCUT2D eigenvalue weighted by atomic mass is 9.91. The molecule has 0 aliphatic rings. The van der Waals surface area contributed by atoms with Gasteiger partial charge in [-0.1, -0.05) is 12.1 Å². The fourth-order valence-electron chi connectivity index (χ4n) is 3.09. The summed E-state index contributed by atoms with van der Waals surface area (Å²) in [5.41, 5.74) is -2.72. The standard InChI is InChI=1S/C21H23F3N4O2/c1-11(13-7-6-8-15(18(13)22)21(23,24)20(3,4)29)26-19-14-9-17(30-5)25-10-16(14)27-12(2)28-19/h6-11,29H,1-5H3,(H,26,27,28). The molecule has 1 aromatic carbocycles. The number of alkyl halides is 2. The number of hydrogen-bond donors (Lipinski definition) is 2. The molecule has 0 aliphatic carbocycles. The second-order valence-electron chi connectivity index (χ2n) is 7.57. The zero-order chi connectivity index (χ0) is 22.3. The van der Waals surface area contributed by atoms with E-state index in [1.807, 2.05) is 0 Å². The molecule has 1 atom stereocenters. The van der Waals surface area contributed by atoms with Gasteiger partial charge in [-0.3, -0.25) is 0 Å². The lowest BCUT2D eigenvalue weighted by Crippen LogP contribution is -2.41. The highest BCUT2D eigenvalue weighted by Crippen LogP contribution is 2.41. The minimum Gasteiger partial charge on any atom is -0.481 e. The van der Waals surface area contributed by atoms with E-state index in [9.17, 15) is 13.9 Å².